The lowest BCUT2D eigenvalue weighted by molar-refractivity contribution is -0.139. The van der Waals surface area contributed by atoms with E-state index in [1.54, 1.807) is 18.2 Å². The lowest BCUT2D eigenvalue weighted by Crippen LogP contribution is -2.53. The summed E-state index contributed by atoms with van der Waals surface area (Å²) in [6.45, 7) is 12.7. The Morgan fingerprint density at radius 1 is 0.949 bits per heavy atom. The molecule has 0 heterocycles. The van der Waals surface area contributed by atoms with Crippen LogP contribution < -0.4 is 16.2 Å². The van der Waals surface area contributed by atoms with Gasteiger partial charge in [0.2, 0.25) is 0 Å². The molecule has 1 aromatic carbocycles. The molecule has 4 nitrogen and oxygen atoms in total. The lowest BCUT2D eigenvalue weighted by atomic mass is 9.44. The van der Waals surface area contributed by atoms with Crippen LogP contribution in [0.5, 0.6) is 5.75 Å². The van der Waals surface area contributed by atoms with Gasteiger partial charge in [0.15, 0.2) is 5.75 Å². The maximum Gasteiger partial charge on any atom is 0.311 e. The second-order valence-corrected chi connectivity index (χ2v) is 15.3. The van der Waals surface area contributed by atoms with Crippen LogP contribution in [0.4, 0.5) is 11.4 Å². The van der Waals surface area contributed by atoms with Crippen molar-refractivity contribution >= 4 is 17.3 Å². The Hall–Kier alpha value is -1.71. The molecule has 4 saturated carbocycles. The van der Waals surface area contributed by atoms with Crippen molar-refractivity contribution in [2.24, 2.45) is 58.2 Å². The maximum atomic E-state index is 12.8. The summed E-state index contributed by atoms with van der Waals surface area (Å²) in [6, 6.07) is 5.10. The van der Waals surface area contributed by atoms with Gasteiger partial charge in [-0.15, -0.1) is 0 Å². The molecule has 4 fully saturated rings. The van der Waals surface area contributed by atoms with Crippen LogP contribution >= 0.6 is 0 Å². The lowest BCUT2D eigenvalue weighted by Gasteiger charge is -2.61. The first-order valence-electron chi connectivity index (χ1n) is 16.4. The zero-order valence-electron chi connectivity index (χ0n) is 25.5. The molecule has 4 aliphatic carbocycles. The minimum absolute atomic E-state index is 0.151. The molecular weight excluding hydrogens is 480 g/mol. The first kappa shape index (κ1) is 28.8. The molecule has 4 aliphatic rings. The van der Waals surface area contributed by atoms with Crippen LogP contribution in [0.3, 0.4) is 0 Å². The third kappa shape index (κ3) is 5.60. The fourth-order valence-corrected chi connectivity index (χ4v) is 10.6. The smallest absolute Gasteiger partial charge is 0.311 e. The Labute approximate surface area is 238 Å². The Kier molecular flexibility index (Phi) is 8.33. The van der Waals surface area contributed by atoms with Gasteiger partial charge in [0.25, 0.3) is 0 Å². The Bertz CT molecular complexity index is 1020. The zero-order chi connectivity index (χ0) is 27.9. The topological polar surface area (TPSA) is 78.3 Å². The van der Waals surface area contributed by atoms with Gasteiger partial charge in [-0.3, -0.25) is 4.79 Å². The monoisotopic (exact) mass is 536 g/mol. The highest BCUT2D eigenvalue weighted by Crippen LogP contribution is 2.68. The van der Waals surface area contributed by atoms with Gasteiger partial charge in [-0.05, 0) is 134 Å². The SMILES string of the molecule is CC(C)CCC[C@@H](C)[C@H]1CC[C@H]2[C@@H]3CCC4C[C@@H](CC(=O)Oc5ccc(N)cc5N)CC[C@]4(C)[C@H]3CC[C@]12C. The molecule has 4 N–H and O–H groups in total. The molecule has 5 rings (SSSR count). The number of nitrogen functional groups attached to an aromatic ring is 2. The normalized spacial score (nSPS) is 38.5. The summed E-state index contributed by atoms with van der Waals surface area (Å²) in [6.07, 6.45) is 16.9. The molecule has 0 bridgehead atoms. The van der Waals surface area contributed by atoms with Gasteiger partial charge in [-0.25, -0.2) is 0 Å². The van der Waals surface area contributed by atoms with Crippen molar-refractivity contribution in [3.8, 4) is 5.75 Å². The van der Waals surface area contributed by atoms with E-state index >= 15 is 0 Å². The zero-order valence-corrected chi connectivity index (χ0v) is 25.5. The number of carbonyl (C=O) groups is 1. The van der Waals surface area contributed by atoms with Crippen molar-refractivity contribution in [2.75, 3.05) is 11.5 Å². The summed E-state index contributed by atoms with van der Waals surface area (Å²) < 4.78 is 5.65. The Balaban J connectivity index is 1.19. The van der Waals surface area contributed by atoms with Crippen molar-refractivity contribution in [1.82, 2.24) is 0 Å². The van der Waals surface area contributed by atoms with Crippen molar-refractivity contribution in [1.29, 1.82) is 0 Å². The number of nitrogens with two attached hydrogens (primary N) is 2. The largest absolute Gasteiger partial charge is 0.424 e. The number of anilines is 2. The molecule has 1 unspecified atom stereocenters. The number of rotatable bonds is 8. The van der Waals surface area contributed by atoms with E-state index in [-0.39, 0.29) is 5.97 Å². The van der Waals surface area contributed by atoms with E-state index in [4.69, 9.17) is 16.2 Å². The molecular formula is C35H56N2O2. The quantitative estimate of drug-likeness (QED) is 0.197. The van der Waals surface area contributed by atoms with Crippen LogP contribution in [0.1, 0.15) is 118 Å². The van der Waals surface area contributed by atoms with Gasteiger partial charge in [0.1, 0.15) is 0 Å². The summed E-state index contributed by atoms with van der Waals surface area (Å²) in [5, 5.41) is 0. The highest BCUT2D eigenvalue weighted by atomic mass is 16.5. The predicted molar refractivity (Wildman–Crippen MR) is 162 cm³/mol. The molecule has 0 aromatic heterocycles. The predicted octanol–water partition coefficient (Wildman–Crippen LogP) is 8.88. The van der Waals surface area contributed by atoms with Crippen LogP contribution in [0.2, 0.25) is 0 Å². The summed E-state index contributed by atoms with van der Waals surface area (Å²) in [5.41, 5.74) is 13.8. The Morgan fingerprint density at radius 2 is 1.69 bits per heavy atom. The van der Waals surface area contributed by atoms with E-state index in [0.29, 0.717) is 40.3 Å². The molecule has 0 radical (unpaired) electrons. The second-order valence-electron chi connectivity index (χ2n) is 15.3. The van der Waals surface area contributed by atoms with Gasteiger partial charge >= 0.3 is 5.97 Å². The van der Waals surface area contributed by atoms with E-state index in [1.165, 1.54) is 70.6 Å². The van der Waals surface area contributed by atoms with Crippen molar-refractivity contribution < 1.29 is 9.53 Å². The fraction of sp³-hybridized carbons (Fsp3) is 0.800. The third-order valence-corrected chi connectivity index (χ3v) is 12.7. The van der Waals surface area contributed by atoms with Crippen molar-refractivity contribution in [3.63, 3.8) is 0 Å². The van der Waals surface area contributed by atoms with E-state index in [0.717, 1.165) is 47.8 Å². The molecule has 9 atom stereocenters. The number of benzene rings is 1. The maximum absolute atomic E-state index is 12.8. The molecule has 4 heteroatoms. The first-order chi connectivity index (χ1) is 18.5. The first-order valence-corrected chi connectivity index (χ1v) is 16.4. The third-order valence-electron chi connectivity index (χ3n) is 12.7. The highest BCUT2D eigenvalue weighted by Gasteiger charge is 2.60. The number of fused-ring (bicyclic) bond motifs is 5. The second kappa shape index (κ2) is 11.3. The van der Waals surface area contributed by atoms with Crippen LogP contribution in [0.15, 0.2) is 18.2 Å². The van der Waals surface area contributed by atoms with Gasteiger partial charge in [0.05, 0.1) is 5.69 Å². The van der Waals surface area contributed by atoms with E-state index in [1.807, 2.05) is 0 Å². The number of hydrogen-bond acceptors (Lipinski definition) is 4. The molecule has 0 saturated heterocycles. The minimum Gasteiger partial charge on any atom is -0.424 e. The Morgan fingerprint density at radius 3 is 2.44 bits per heavy atom. The van der Waals surface area contributed by atoms with Crippen LogP contribution in [-0.2, 0) is 4.79 Å². The summed E-state index contributed by atoms with van der Waals surface area (Å²) >= 11 is 0. The molecule has 0 aliphatic heterocycles. The molecule has 218 valence electrons. The van der Waals surface area contributed by atoms with Gasteiger partial charge in [-0.1, -0.05) is 53.9 Å². The number of esters is 1. The van der Waals surface area contributed by atoms with E-state index < -0.39 is 0 Å². The van der Waals surface area contributed by atoms with Gasteiger partial charge < -0.3 is 16.2 Å². The molecule has 39 heavy (non-hydrogen) atoms. The number of ether oxygens (including phenoxy) is 1. The highest BCUT2D eigenvalue weighted by molar-refractivity contribution is 5.75. The van der Waals surface area contributed by atoms with Crippen LogP contribution in [0, 0.1) is 58.2 Å². The molecule has 0 amide bonds. The average Bonchev–Trinajstić information content (AvgIpc) is 3.23. The summed E-state index contributed by atoms with van der Waals surface area (Å²) in [5.74, 6) is 6.84. The van der Waals surface area contributed by atoms with Gasteiger partial charge in [0, 0.05) is 12.1 Å². The van der Waals surface area contributed by atoms with Crippen LogP contribution in [-0.4, -0.2) is 5.97 Å². The van der Waals surface area contributed by atoms with E-state index in [2.05, 4.69) is 34.6 Å². The van der Waals surface area contributed by atoms with Crippen molar-refractivity contribution in [2.45, 2.75) is 118 Å². The summed E-state index contributed by atoms with van der Waals surface area (Å²) in [4.78, 5) is 12.8. The van der Waals surface area contributed by atoms with E-state index in [9.17, 15) is 4.79 Å². The van der Waals surface area contributed by atoms with Crippen LogP contribution in [0.25, 0.3) is 0 Å². The van der Waals surface area contributed by atoms with Gasteiger partial charge in [-0.2, -0.15) is 0 Å². The standard InChI is InChI=1S/C35H56N2O2/c1-22(2)7-6-8-23(3)28-12-13-29-27-11-9-25-19-24(15-17-34(25,4)30(27)16-18-35(28,29)5)20-33(38)39-32-14-10-26(36)21-31(32)37/h10,14,21-25,27-30H,6-9,11-13,15-20,36-37H2,1-5H3/t23-,24+,25?,27+,28-,29+,30+,34+,35-/m1/s1. The minimum atomic E-state index is -0.151. The molecule has 1 aromatic rings. The van der Waals surface area contributed by atoms with Crippen molar-refractivity contribution in [3.05, 3.63) is 18.2 Å². The average molecular weight is 537 g/mol. The molecule has 0 spiro atoms. The summed E-state index contributed by atoms with van der Waals surface area (Å²) in [7, 11) is 0. The number of carbonyl (C=O) groups excluding carboxylic acids is 1. The fourth-order valence-electron chi connectivity index (χ4n) is 10.6. The number of hydrogen-bond donors (Lipinski definition) is 2.